The van der Waals surface area contributed by atoms with Gasteiger partial charge >= 0.3 is 51.1 Å². The van der Waals surface area contributed by atoms with Gasteiger partial charge in [-0.3, -0.25) is 0 Å². The maximum atomic E-state index is 9.44. The van der Waals surface area contributed by atoms with Crippen LogP contribution in [-0.4, -0.2) is 54.1 Å². The zero-order valence-electron chi connectivity index (χ0n) is 4.73. The molecule has 0 fully saturated rings. The third kappa shape index (κ3) is 145. The van der Waals surface area contributed by atoms with Gasteiger partial charge in [0.1, 0.15) is 5.78 Å². The Morgan fingerprint density at radius 1 is 1.29 bits per heavy atom. The van der Waals surface area contributed by atoms with Gasteiger partial charge < -0.3 is 4.79 Å². The molecule has 0 saturated carbocycles. The van der Waals surface area contributed by atoms with Crippen LogP contribution in [-0.2, 0) is 7.65 Å². The van der Waals surface area contributed by atoms with E-state index in [4.69, 9.17) is 2.85 Å². The molecule has 0 aromatic heterocycles. The second-order valence-corrected chi connectivity index (χ2v) is 0.908. The average molecular weight is 311 g/mol. The van der Waals surface area contributed by atoms with Crippen LogP contribution < -0.4 is 0 Å². The number of carbonyl (C=O) groups excluding carboxylic acids is 1. The first-order valence-corrected chi connectivity index (χ1v) is 3.14. The third-order valence-electron chi connectivity index (χ3n) is 0. The fourth-order valence-electron chi connectivity index (χ4n) is 0. The molecule has 0 heterocycles. The van der Waals surface area contributed by atoms with Gasteiger partial charge in [0, 0.05) is 0 Å². The van der Waals surface area contributed by atoms with Crippen LogP contribution in [0.25, 0.3) is 0 Å². The number of hydrogen-bond acceptors (Lipinski definition) is 2. The van der Waals surface area contributed by atoms with Crippen molar-refractivity contribution >= 4 is 54.1 Å². The molecule has 40 valence electrons. The van der Waals surface area contributed by atoms with E-state index >= 15 is 0 Å². The van der Waals surface area contributed by atoms with Crippen LogP contribution in [0, 0.1) is 0 Å². The molecule has 0 saturated heterocycles. The van der Waals surface area contributed by atoms with Crippen LogP contribution in [0.15, 0.2) is 0 Å². The summed E-state index contributed by atoms with van der Waals surface area (Å²) in [5.74, 6) is 0.167. The molecule has 0 spiro atoms. The third-order valence-corrected chi connectivity index (χ3v) is 0. The van der Waals surface area contributed by atoms with E-state index in [-0.39, 0.29) is 54.1 Å². The van der Waals surface area contributed by atoms with Crippen molar-refractivity contribution in [2.75, 3.05) is 0 Å². The SMILES string of the molecule is CC(C)=O.[O]=[InH].[SnH2]. The van der Waals surface area contributed by atoms with E-state index in [2.05, 4.69) is 0 Å². The van der Waals surface area contributed by atoms with Gasteiger partial charge in [-0.15, -0.1) is 0 Å². The van der Waals surface area contributed by atoms with Crippen molar-refractivity contribution in [2.24, 2.45) is 0 Å². The summed E-state index contributed by atoms with van der Waals surface area (Å²) < 4.78 is 8.42. The molecule has 0 aliphatic rings. The molecule has 0 atom stereocenters. The topological polar surface area (TPSA) is 34.1 Å². The number of hydrogen-bond donors (Lipinski definition) is 0. The monoisotopic (exact) mass is 312 g/mol. The van der Waals surface area contributed by atoms with Crippen molar-refractivity contribution in [1.29, 1.82) is 0 Å². The molecule has 0 rings (SSSR count). The standard InChI is InChI=1S/C3H6O.In.O.Sn.3H/c1-3(2)4;;;;;;/h1-2H3;;;;;;. The van der Waals surface area contributed by atoms with Gasteiger partial charge in [-0.1, -0.05) is 0 Å². The predicted molar refractivity (Wildman–Crippen MR) is 32.7 cm³/mol. The zero-order valence-corrected chi connectivity index (χ0v) is 12.8. The van der Waals surface area contributed by atoms with Gasteiger partial charge in [0.05, 0.1) is 0 Å². The second-order valence-electron chi connectivity index (χ2n) is 0.908. The van der Waals surface area contributed by atoms with Crippen LogP contribution >= 0.6 is 0 Å². The first-order valence-electron chi connectivity index (χ1n) is 1.49. The molecule has 4 heteroatoms. The Bertz CT molecular complexity index is 44.2. The van der Waals surface area contributed by atoms with Gasteiger partial charge in [0.15, 0.2) is 0 Å². The van der Waals surface area contributed by atoms with Crippen LogP contribution in [0.4, 0.5) is 0 Å². The average Bonchev–Trinajstić information content (AvgIpc) is 1.41. The summed E-state index contributed by atoms with van der Waals surface area (Å²) >= 11 is -0.1000. The number of ketones is 1. The Labute approximate surface area is 75.0 Å². The normalized spacial score (nSPS) is 4.14. The fraction of sp³-hybridized carbons (Fsp3) is 0.667. The molecule has 0 aromatic carbocycles. The van der Waals surface area contributed by atoms with E-state index in [0.29, 0.717) is 0 Å². The van der Waals surface area contributed by atoms with Gasteiger partial charge in [-0.25, -0.2) is 0 Å². The van der Waals surface area contributed by atoms with Crippen molar-refractivity contribution in [1.82, 2.24) is 0 Å². The Balaban J connectivity index is -0.0000000480. The summed E-state index contributed by atoms with van der Waals surface area (Å²) in [6.45, 7) is 3.06. The molecule has 0 aliphatic heterocycles. The van der Waals surface area contributed by atoms with Gasteiger partial charge in [-0.05, 0) is 13.8 Å². The summed E-state index contributed by atoms with van der Waals surface area (Å²) in [6.07, 6.45) is 0. The molecule has 0 bridgehead atoms. The minimum atomic E-state index is -0.1000. The summed E-state index contributed by atoms with van der Waals surface area (Å²) in [4.78, 5) is 9.44. The van der Waals surface area contributed by atoms with Crippen LogP contribution in [0.2, 0.25) is 0 Å². The maximum absolute atomic E-state index is 9.44. The molecule has 2 nitrogen and oxygen atoms in total. The zero-order chi connectivity index (χ0) is 5.58. The van der Waals surface area contributed by atoms with Crippen molar-refractivity contribution < 1.29 is 7.65 Å². The molecular weight excluding hydrogens is 302 g/mol. The first kappa shape index (κ1) is 15.7. The number of carbonyl (C=O) groups is 1. The molecule has 0 aliphatic carbocycles. The molecule has 0 amide bonds. The summed E-state index contributed by atoms with van der Waals surface area (Å²) in [5, 5.41) is 0. The summed E-state index contributed by atoms with van der Waals surface area (Å²) in [5.41, 5.74) is 0. The fourth-order valence-corrected chi connectivity index (χ4v) is 0. The van der Waals surface area contributed by atoms with Crippen LogP contribution in [0.1, 0.15) is 13.8 Å². The summed E-state index contributed by atoms with van der Waals surface area (Å²) in [6, 6.07) is 0. The number of Topliss-reactive ketones (excluding diaryl/α,β-unsaturated/α-hetero) is 1. The van der Waals surface area contributed by atoms with Gasteiger partial charge in [0.25, 0.3) is 0 Å². The van der Waals surface area contributed by atoms with Crippen LogP contribution in [0.3, 0.4) is 0 Å². The van der Waals surface area contributed by atoms with Crippen molar-refractivity contribution in [3.05, 3.63) is 0 Å². The second kappa shape index (κ2) is 15.7. The molecular formula is C3H9InO2Sn. The summed E-state index contributed by atoms with van der Waals surface area (Å²) in [7, 11) is 0. The Morgan fingerprint density at radius 2 is 1.29 bits per heavy atom. The Hall–Kier alpha value is 1.14. The van der Waals surface area contributed by atoms with E-state index < -0.39 is 0 Å². The van der Waals surface area contributed by atoms with E-state index in [9.17, 15) is 4.79 Å². The first-order chi connectivity index (χ1) is 2.73. The van der Waals surface area contributed by atoms with Crippen LogP contribution in [0.5, 0.6) is 0 Å². The molecule has 0 unspecified atom stereocenters. The van der Waals surface area contributed by atoms with Gasteiger partial charge in [-0.2, -0.15) is 0 Å². The van der Waals surface area contributed by atoms with E-state index in [1.165, 1.54) is 13.8 Å². The van der Waals surface area contributed by atoms with Crippen molar-refractivity contribution in [2.45, 2.75) is 13.8 Å². The van der Waals surface area contributed by atoms with E-state index in [0.717, 1.165) is 0 Å². The molecule has 7 heavy (non-hydrogen) atoms. The molecule has 2 radical (unpaired) electrons. The minimum absolute atomic E-state index is 0. The van der Waals surface area contributed by atoms with Crippen molar-refractivity contribution in [3.63, 3.8) is 0 Å². The van der Waals surface area contributed by atoms with E-state index in [1.807, 2.05) is 0 Å². The van der Waals surface area contributed by atoms with Crippen molar-refractivity contribution in [3.8, 4) is 0 Å². The molecule has 0 aromatic rings. The number of rotatable bonds is 0. The predicted octanol–water partition coefficient (Wildman–Crippen LogP) is -1.09. The Kier molecular flexibility index (Phi) is 35.2. The van der Waals surface area contributed by atoms with Gasteiger partial charge in [0.2, 0.25) is 0 Å². The molecule has 0 N–H and O–H groups in total. The Morgan fingerprint density at radius 3 is 1.29 bits per heavy atom. The van der Waals surface area contributed by atoms with E-state index in [1.54, 1.807) is 0 Å². The quantitative estimate of drug-likeness (QED) is 0.533.